The van der Waals surface area contributed by atoms with Crippen LogP contribution < -0.4 is 0 Å². The SMILES string of the molecule is Cc1cccnc1C(=O)N1C[C@@H](CO)[C@H](c2ccncc2)C1. The number of pyridine rings is 2. The van der Waals surface area contributed by atoms with Crippen LogP contribution in [0.3, 0.4) is 0 Å². The van der Waals surface area contributed by atoms with Crippen molar-refractivity contribution >= 4 is 5.91 Å². The lowest BCUT2D eigenvalue weighted by molar-refractivity contribution is 0.0774. The number of carbonyl (C=O) groups excluding carboxylic acids is 1. The molecule has 1 aliphatic heterocycles. The Morgan fingerprint density at radius 1 is 1.27 bits per heavy atom. The van der Waals surface area contributed by atoms with E-state index in [1.54, 1.807) is 23.5 Å². The van der Waals surface area contributed by atoms with Crippen molar-refractivity contribution in [2.45, 2.75) is 12.8 Å². The van der Waals surface area contributed by atoms with E-state index in [2.05, 4.69) is 9.97 Å². The van der Waals surface area contributed by atoms with Crippen LogP contribution >= 0.6 is 0 Å². The van der Waals surface area contributed by atoms with Crippen LogP contribution in [-0.2, 0) is 0 Å². The van der Waals surface area contributed by atoms with Gasteiger partial charge in [-0.1, -0.05) is 6.07 Å². The van der Waals surface area contributed by atoms with Gasteiger partial charge in [0.25, 0.3) is 5.91 Å². The van der Waals surface area contributed by atoms with Crippen LogP contribution in [0.4, 0.5) is 0 Å². The van der Waals surface area contributed by atoms with Gasteiger partial charge in [-0.05, 0) is 36.2 Å². The molecule has 0 spiro atoms. The number of hydrogen-bond donors (Lipinski definition) is 1. The molecule has 1 amide bonds. The van der Waals surface area contributed by atoms with E-state index in [0.717, 1.165) is 11.1 Å². The van der Waals surface area contributed by atoms with E-state index in [1.807, 2.05) is 31.2 Å². The minimum Gasteiger partial charge on any atom is -0.396 e. The van der Waals surface area contributed by atoms with Crippen molar-refractivity contribution in [1.82, 2.24) is 14.9 Å². The molecule has 114 valence electrons. The van der Waals surface area contributed by atoms with Gasteiger partial charge in [0.1, 0.15) is 5.69 Å². The lowest BCUT2D eigenvalue weighted by atomic mass is 9.90. The van der Waals surface area contributed by atoms with Crippen LogP contribution in [0.15, 0.2) is 42.9 Å². The Morgan fingerprint density at radius 3 is 2.73 bits per heavy atom. The van der Waals surface area contributed by atoms with Crippen LogP contribution in [0.5, 0.6) is 0 Å². The molecule has 2 aromatic heterocycles. The minimum absolute atomic E-state index is 0.0513. The first-order valence-electron chi connectivity index (χ1n) is 7.42. The van der Waals surface area contributed by atoms with Crippen molar-refractivity contribution in [3.63, 3.8) is 0 Å². The molecule has 3 heterocycles. The number of aliphatic hydroxyl groups excluding tert-OH is 1. The highest BCUT2D eigenvalue weighted by Crippen LogP contribution is 2.32. The molecule has 22 heavy (non-hydrogen) atoms. The lowest BCUT2D eigenvalue weighted by Gasteiger charge is -2.17. The van der Waals surface area contributed by atoms with Crippen LogP contribution in [0.25, 0.3) is 0 Å². The number of carbonyl (C=O) groups is 1. The van der Waals surface area contributed by atoms with Crippen LogP contribution in [0.1, 0.15) is 27.5 Å². The summed E-state index contributed by atoms with van der Waals surface area (Å²) in [5.74, 6) is 0.129. The fraction of sp³-hybridized carbons (Fsp3) is 0.353. The van der Waals surface area contributed by atoms with Gasteiger partial charge in [0.2, 0.25) is 0 Å². The molecular formula is C17H19N3O2. The number of rotatable bonds is 3. The molecule has 3 rings (SSSR count). The maximum absolute atomic E-state index is 12.7. The number of likely N-dealkylation sites (tertiary alicyclic amines) is 1. The highest BCUT2D eigenvalue weighted by atomic mass is 16.3. The molecule has 1 aliphatic rings. The van der Waals surface area contributed by atoms with Crippen molar-refractivity contribution in [1.29, 1.82) is 0 Å². The number of aliphatic hydroxyl groups is 1. The number of hydrogen-bond acceptors (Lipinski definition) is 4. The average molecular weight is 297 g/mol. The molecule has 0 aliphatic carbocycles. The molecule has 0 saturated carbocycles. The molecule has 5 nitrogen and oxygen atoms in total. The van der Waals surface area contributed by atoms with E-state index in [0.29, 0.717) is 18.8 Å². The van der Waals surface area contributed by atoms with Gasteiger partial charge in [-0.25, -0.2) is 0 Å². The Bertz CT molecular complexity index is 660. The average Bonchev–Trinajstić information content (AvgIpc) is 3.00. The Kier molecular flexibility index (Phi) is 4.15. The van der Waals surface area contributed by atoms with Crippen molar-refractivity contribution in [2.75, 3.05) is 19.7 Å². The second-order valence-corrected chi connectivity index (χ2v) is 5.71. The Morgan fingerprint density at radius 2 is 2.05 bits per heavy atom. The first-order chi connectivity index (χ1) is 10.7. The van der Waals surface area contributed by atoms with Crippen molar-refractivity contribution < 1.29 is 9.90 Å². The molecule has 0 aromatic carbocycles. The van der Waals surface area contributed by atoms with Gasteiger partial charge in [-0.3, -0.25) is 14.8 Å². The second-order valence-electron chi connectivity index (χ2n) is 5.71. The molecule has 0 bridgehead atoms. The third-order valence-electron chi connectivity index (χ3n) is 4.31. The summed E-state index contributed by atoms with van der Waals surface area (Å²) in [6.07, 6.45) is 5.13. The van der Waals surface area contributed by atoms with E-state index in [9.17, 15) is 9.90 Å². The summed E-state index contributed by atoms with van der Waals surface area (Å²) in [5, 5.41) is 9.65. The molecule has 5 heteroatoms. The highest BCUT2D eigenvalue weighted by molar-refractivity contribution is 5.93. The summed E-state index contributed by atoms with van der Waals surface area (Å²) in [6, 6.07) is 7.62. The first kappa shape index (κ1) is 14.7. The van der Waals surface area contributed by atoms with Gasteiger partial charge in [-0.2, -0.15) is 0 Å². The predicted octanol–water partition coefficient (Wildman–Crippen LogP) is 1.63. The van der Waals surface area contributed by atoms with E-state index < -0.39 is 0 Å². The summed E-state index contributed by atoms with van der Waals surface area (Å²) in [4.78, 5) is 22.7. The maximum Gasteiger partial charge on any atom is 0.272 e. The largest absolute Gasteiger partial charge is 0.396 e. The van der Waals surface area contributed by atoms with E-state index in [4.69, 9.17) is 0 Å². The number of aromatic nitrogens is 2. The number of amides is 1. The molecule has 1 saturated heterocycles. The summed E-state index contributed by atoms with van der Waals surface area (Å²) in [7, 11) is 0. The topological polar surface area (TPSA) is 66.3 Å². The van der Waals surface area contributed by atoms with Crippen molar-refractivity contribution in [3.8, 4) is 0 Å². The second kappa shape index (κ2) is 6.23. The Labute approximate surface area is 129 Å². The Balaban J connectivity index is 1.83. The smallest absolute Gasteiger partial charge is 0.272 e. The van der Waals surface area contributed by atoms with Gasteiger partial charge in [0.05, 0.1) is 0 Å². The monoisotopic (exact) mass is 297 g/mol. The van der Waals surface area contributed by atoms with Crippen LogP contribution in [0.2, 0.25) is 0 Å². The van der Waals surface area contributed by atoms with E-state index >= 15 is 0 Å². The standard InChI is InChI=1S/C17H19N3O2/c1-12-3-2-6-19-16(12)17(22)20-9-14(11-21)15(10-20)13-4-7-18-8-5-13/h2-8,14-15,21H,9-11H2,1H3/t14-,15-/m0/s1. The van der Waals surface area contributed by atoms with Crippen molar-refractivity contribution in [2.24, 2.45) is 5.92 Å². The predicted molar refractivity (Wildman–Crippen MR) is 82.4 cm³/mol. The third-order valence-corrected chi connectivity index (χ3v) is 4.31. The summed E-state index contributed by atoms with van der Waals surface area (Å²) in [6.45, 7) is 3.11. The molecule has 2 aromatic rings. The normalized spacial score (nSPS) is 21.1. The van der Waals surface area contributed by atoms with Crippen LogP contribution in [-0.4, -0.2) is 45.6 Å². The molecule has 1 fully saturated rings. The third kappa shape index (κ3) is 2.72. The molecule has 1 N–H and O–H groups in total. The zero-order chi connectivity index (χ0) is 15.5. The van der Waals surface area contributed by atoms with Gasteiger partial charge in [-0.15, -0.1) is 0 Å². The van der Waals surface area contributed by atoms with Gasteiger partial charge < -0.3 is 10.0 Å². The van der Waals surface area contributed by atoms with Gasteiger partial charge in [0.15, 0.2) is 0 Å². The minimum atomic E-state index is -0.0619. The number of aryl methyl sites for hydroxylation is 1. The van der Waals surface area contributed by atoms with E-state index in [-0.39, 0.29) is 24.3 Å². The Hall–Kier alpha value is -2.27. The lowest BCUT2D eigenvalue weighted by Crippen LogP contribution is -2.30. The maximum atomic E-state index is 12.7. The van der Waals surface area contributed by atoms with E-state index in [1.165, 1.54) is 0 Å². The summed E-state index contributed by atoms with van der Waals surface area (Å²) >= 11 is 0. The quantitative estimate of drug-likeness (QED) is 0.935. The summed E-state index contributed by atoms with van der Waals surface area (Å²) in [5.41, 5.74) is 2.48. The zero-order valence-electron chi connectivity index (χ0n) is 12.5. The molecule has 0 radical (unpaired) electrons. The highest BCUT2D eigenvalue weighted by Gasteiger charge is 2.36. The zero-order valence-corrected chi connectivity index (χ0v) is 12.5. The summed E-state index contributed by atoms with van der Waals surface area (Å²) < 4.78 is 0. The van der Waals surface area contributed by atoms with Crippen molar-refractivity contribution in [3.05, 3.63) is 59.7 Å². The molecule has 2 atom stereocenters. The molecule has 0 unspecified atom stereocenters. The number of nitrogens with zero attached hydrogens (tertiary/aromatic N) is 3. The van der Waals surface area contributed by atoms with Gasteiger partial charge >= 0.3 is 0 Å². The fourth-order valence-electron chi connectivity index (χ4n) is 3.07. The van der Waals surface area contributed by atoms with Gasteiger partial charge in [0, 0.05) is 50.1 Å². The first-order valence-corrected chi connectivity index (χ1v) is 7.42. The molecular weight excluding hydrogens is 278 g/mol. The fourth-order valence-corrected chi connectivity index (χ4v) is 3.07. The van der Waals surface area contributed by atoms with Crippen LogP contribution in [0, 0.1) is 12.8 Å².